The molecule has 9 heteroatoms. The van der Waals surface area contributed by atoms with Gasteiger partial charge >= 0.3 is 5.97 Å². The van der Waals surface area contributed by atoms with Gasteiger partial charge in [-0.3, -0.25) is 0 Å². The van der Waals surface area contributed by atoms with Gasteiger partial charge in [0.1, 0.15) is 0 Å². The number of carboxylic acid groups (broad SMARTS) is 1. The first-order chi connectivity index (χ1) is 6.57. The van der Waals surface area contributed by atoms with Crippen molar-refractivity contribution in [3.05, 3.63) is 0 Å². The molecule has 0 aromatic heterocycles. The van der Waals surface area contributed by atoms with Gasteiger partial charge in [0, 0.05) is 6.54 Å². The van der Waals surface area contributed by atoms with Crippen molar-refractivity contribution in [1.82, 2.24) is 5.32 Å². The third-order valence-corrected chi connectivity index (χ3v) is 1.44. The Bertz CT molecular complexity index is 220. The Labute approximate surface area is 107 Å². The molecular weight excluding hydrogens is 287 g/mol. The molecule has 0 amide bonds. The SMILES string of the molecule is CC(O)CNC(N)=S.O=C(O)C(Cl)(Cl)Cl. The molecule has 0 rings (SSSR count). The Morgan fingerprint density at radius 3 is 2.00 bits per heavy atom. The average molecular weight is 298 g/mol. The van der Waals surface area contributed by atoms with Gasteiger partial charge in [0.2, 0.25) is 0 Å². The molecule has 0 aliphatic carbocycles. The van der Waals surface area contributed by atoms with Crippen LogP contribution in [-0.4, -0.2) is 37.7 Å². The average Bonchev–Trinajstić information content (AvgIpc) is 2.00. The minimum absolute atomic E-state index is 0.228. The van der Waals surface area contributed by atoms with Gasteiger partial charge in [-0.2, -0.15) is 0 Å². The Morgan fingerprint density at radius 2 is 1.93 bits per heavy atom. The highest BCUT2D eigenvalue weighted by atomic mass is 35.6. The highest BCUT2D eigenvalue weighted by Crippen LogP contribution is 2.25. The van der Waals surface area contributed by atoms with Crippen LogP contribution in [0.15, 0.2) is 0 Å². The van der Waals surface area contributed by atoms with Gasteiger partial charge in [0.15, 0.2) is 5.11 Å². The normalized spacial score (nSPS) is 12.1. The van der Waals surface area contributed by atoms with Crippen LogP contribution in [0, 0.1) is 0 Å². The summed E-state index contributed by atoms with van der Waals surface area (Å²) in [5.41, 5.74) is 5.05. The van der Waals surface area contributed by atoms with Crippen LogP contribution in [0.25, 0.3) is 0 Å². The van der Waals surface area contributed by atoms with E-state index >= 15 is 0 Å². The summed E-state index contributed by atoms with van der Waals surface area (Å²) in [5.74, 6) is -1.46. The summed E-state index contributed by atoms with van der Waals surface area (Å²) in [6.07, 6.45) is -0.392. The zero-order valence-electron chi connectivity index (χ0n) is 7.71. The van der Waals surface area contributed by atoms with Crippen LogP contribution in [0.2, 0.25) is 0 Å². The fourth-order valence-electron chi connectivity index (χ4n) is 0.248. The zero-order chi connectivity index (χ0) is 12.6. The van der Waals surface area contributed by atoms with Gasteiger partial charge in [-0.05, 0) is 19.1 Å². The predicted octanol–water partition coefficient (Wildman–Crippen LogP) is 0.642. The number of thiocarbonyl (C=S) groups is 1. The van der Waals surface area contributed by atoms with Crippen LogP contribution in [0.1, 0.15) is 6.92 Å². The van der Waals surface area contributed by atoms with Crippen molar-refractivity contribution in [2.75, 3.05) is 6.54 Å². The summed E-state index contributed by atoms with van der Waals surface area (Å²) in [7, 11) is 0. The molecule has 0 heterocycles. The van der Waals surface area contributed by atoms with E-state index in [9.17, 15) is 4.79 Å². The maximum atomic E-state index is 9.62. The number of aliphatic hydroxyl groups excluding tert-OH is 1. The van der Waals surface area contributed by atoms with E-state index < -0.39 is 15.9 Å². The maximum absolute atomic E-state index is 9.62. The van der Waals surface area contributed by atoms with E-state index in [0.29, 0.717) is 6.54 Å². The van der Waals surface area contributed by atoms with E-state index in [4.69, 9.17) is 50.7 Å². The molecule has 90 valence electrons. The van der Waals surface area contributed by atoms with Gasteiger partial charge in [0.05, 0.1) is 6.10 Å². The standard InChI is InChI=1S/C4H10N2OS.C2HCl3O2/c1-3(7)2-6-4(5)8;3-2(4,5)1(6)7/h3,7H,2H2,1H3,(H3,5,6,8);(H,6,7). The minimum atomic E-state index is -2.17. The van der Waals surface area contributed by atoms with Crippen molar-refractivity contribution in [2.45, 2.75) is 16.8 Å². The van der Waals surface area contributed by atoms with Crippen molar-refractivity contribution in [2.24, 2.45) is 5.73 Å². The molecule has 0 aliphatic heterocycles. The summed E-state index contributed by atoms with van der Waals surface area (Å²) in [6.45, 7) is 2.08. The molecule has 1 atom stereocenters. The minimum Gasteiger partial charge on any atom is -0.478 e. The molecule has 0 saturated heterocycles. The molecule has 0 aromatic rings. The van der Waals surface area contributed by atoms with E-state index in [1.807, 2.05) is 0 Å². The van der Waals surface area contributed by atoms with Crippen LogP contribution in [0.4, 0.5) is 0 Å². The number of rotatable bonds is 2. The lowest BCUT2D eigenvalue weighted by Gasteiger charge is -2.03. The molecule has 0 radical (unpaired) electrons. The molecule has 0 fully saturated rings. The van der Waals surface area contributed by atoms with Crippen LogP contribution in [0.3, 0.4) is 0 Å². The Kier molecular flexibility index (Phi) is 9.48. The lowest BCUT2D eigenvalue weighted by molar-refractivity contribution is -0.135. The second-order valence-corrected chi connectivity index (χ2v) is 5.12. The summed E-state index contributed by atoms with van der Waals surface area (Å²) in [5, 5.41) is 19.3. The van der Waals surface area contributed by atoms with Crippen LogP contribution in [0.5, 0.6) is 0 Å². The van der Waals surface area contributed by atoms with Crippen molar-refractivity contribution < 1.29 is 15.0 Å². The van der Waals surface area contributed by atoms with Gasteiger partial charge in [0.25, 0.3) is 3.79 Å². The van der Waals surface area contributed by atoms with Crippen molar-refractivity contribution in [3.8, 4) is 0 Å². The lowest BCUT2D eigenvalue weighted by Crippen LogP contribution is -2.34. The van der Waals surface area contributed by atoms with Crippen molar-refractivity contribution >= 4 is 58.1 Å². The predicted molar refractivity (Wildman–Crippen MR) is 64.4 cm³/mol. The number of carboxylic acids is 1. The second kappa shape index (κ2) is 8.18. The number of carbonyl (C=O) groups is 1. The highest BCUT2D eigenvalue weighted by Gasteiger charge is 2.29. The summed E-state index contributed by atoms with van der Waals surface area (Å²) < 4.78 is -2.17. The van der Waals surface area contributed by atoms with E-state index in [2.05, 4.69) is 17.5 Å². The number of hydrogen-bond donors (Lipinski definition) is 4. The highest BCUT2D eigenvalue weighted by molar-refractivity contribution is 7.80. The van der Waals surface area contributed by atoms with E-state index in [1.165, 1.54) is 0 Å². The Balaban J connectivity index is 0. The molecular formula is C6H11Cl3N2O3S. The molecule has 0 bridgehead atoms. The van der Waals surface area contributed by atoms with E-state index in [-0.39, 0.29) is 5.11 Å². The summed E-state index contributed by atoms with van der Waals surface area (Å²) in [4.78, 5) is 9.62. The lowest BCUT2D eigenvalue weighted by atomic mass is 10.4. The number of nitrogens with two attached hydrogens (primary N) is 1. The number of halogens is 3. The molecule has 0 saturated carbocycles. The van der Waals surface area contributed by atoms with Crippen molar-refractivity contribution in [3.63, 3.8) is 0 Å². The topological polar surface area (TPSA) is 95.6 Å². The quantitative estimate of drug-likeness (QED) is 0.441. The van der Waals surface area contributed by atoms with Gasteiger partial charge in [-0.15, -0.1) is 0 Å². The molecule has 5 N–H and O–H groups in total. The number of nitrogens with one attached hydrogen (secondary N) is 1. The van der Waals surface area contributed by atoms with Crippen LogP contribution in [-0.2, 0) is 4.79 Å². The molecule has 0 aliphatic rings. The summed E-state index contributed by atoms with van der Waals surface area (Å²) in [6, 6.07) is 0. The Hall–Kier alpha value is -0.0100. The first-order valence-corrected chi connectivity index (χ1v) is 5.13. The number of hydrogen-bond acceptors (Lipinski definition) is 3. The molecule has 0 aromatic carbocycles. The molecule has 0 spiro atoms. The molecule has 5 nitrogen and oxygen atoms in total. The van der Waals surface area contributed by atoms with E-state index in [0.717, 1.165) is 0 Å². The molecule has 15 heavy (non-hydrogen) atoms. The maximum Gasteiger partial charge on any atom is 0.356 e. The van der Waals surface area contributed by atoms with Gasteiger partial charge < -0.3 is 21.3 Å². The van der Waals surface area contributed by atoms with Crippen LogP contribution >= 0.6 is 47.0 Å². The van der Waals surface area contributed by atoms with Crippen molar-refractivity contribution in [1.29, 1.82) is 0 Å². The largest absolute Gasteiger partial charge is 0.478 e. The monoisotopic (exact) mass is 296 g/mol. The van der Waals surface area contributed by atoms with E-state index in [1.54, 1.807) is 6.92 Å². The number of aliphatic hydroxyl groups is 1. The third-order valence-electron chi connectivity index (χ3n) is 0.814. The number of aliphatic carboxylic acids is 1. The fourth-order valence-corrected chi connectivity index (χ4v) is 0.332. The van der Waals surface area contributed by atoms with Crippen LogP contribution < -0.4 is 11.1 Å². The summed E-state index contributed by atoms with van der Waals surface area (Å²) >= 11 is 18.9. The first kappa shape index (κ1) is 17.4. The molecule has 1 unspecified atom stereocenters. The van der Waals surface area contributed by atoms with Gasteiger partial charge in [-0.1, -0.05) is 34.8 Å². The third kappa shape index (κ3) is 16.7. The Morgan fingerprint density at radius 1 is 1.60 bits per heavy atom. The van der Waals surface area contributed by atoms with Gasteiger partial charge in [-0.25, -0.2) is 4.79 Å². The fraction of sp³-hybridized carbons (Fsp3) is 0.667. The first-order valence-electron chi connectivity index (χ1n) is 3.58. The number of alkyl halides is 3. The second-order valence-electron chi connectivity index (χ2n) is 2.40. The zero-order valence-corrected chi connectivity index (χ0v) is 10.8. The smallest absolute Gasteiger partial charge is 0.356 e.